The van der Waals surface area contributed by atoms with Gasteiger partial charge in [0, 0.05) is 59.6 Å². The van der Waals surface area contributed by atoms with Gasteiger partial charge >= 0.3 is 0 Å². The van der Waals surface area contributed by atoms with E-state index in [-0.39, 0.29) is 0 Å². The van der Waals surface area contributed by atoms with E-state index < -0.39 is 0 Å². The van der Waals surface area contributed by atoms with Crippen LogP contribution >= 0.6 is 0 Å². The normalized spacial score (nSPS) is 10.8. The number of nitrogen functional groups attached to an aromatic ring is 2. The van der Waals surface area contributed by atoms with E-state index in [4.69, 9.17) is 11.5 Å². The Hall–Kier alpha value is -4.64. The van der Waals surface area contributed by atoms with Crippen molar-refractivity contribution in [3.05, 3.63) is 109 Å². The number of nitrogens with two attached hydrogens (primary N) is 2. The molecule has 0 spiro atoms. The van der Waals surface area contributed by atoms with Crippen molar-refractivity contribution < 1.29 is 0 Å². The summed E-state index contributed by atoms with van der Waals surface area (Å²) in [6, 6.07) is 37.1. The summed E-state index contributed by atoms with van der Waals surface area (Å²) in [5.41, 5.74) is 22.1. The molecule has 0 saturated heterocycles. The Morgan fingerprint density at radius 1 is 0.429 bits per heavy atom. The average molecular weight is 460 g/mol. The maximum Gasteiger partial charge on any atom is 0.0458 e. The average Bonchev–Trinajstić information content (AvgIpc) is 3.39. The lowest BCUT2D eigenvalue weighted by Crippen LogP contribution is -2.09. The molecule has 0 unspecified atom stereocenters. The van der Waals surface area contributed by atoms with Crippen LogP contribution < -0.4 is 21.3 Å². The molecular formula is C30H29N5. The topological polar surface area (TPSA) is 74.3 Å². The third kappa shape index (κ3) is 4.70. The number of hydrogen-bond donors (Lipinski definition) is 3. The van der Waals surface area contributed by atoms with Crippen molar-refractivity contribution in [3.8, 4) is 22.5 Å². The summed E-state index contributed by atoms with van der Waals surface area (Å²) in [5.74, 6) is 0. The monoisotopic (exact) mass is 459 g/mol. The molecule has 5 rings (SSSR count). The second-order valence-electron chi connectivity index (χ2n) is 8.68. The third-order valence-electron chi connectivity index (χ3n) is 6.38. The van der Waals surface area contributed by atoms with Gasteiger partial charge in [-0.2, -0.15) is 0 Å². The number of hydrogen-bond acceptors (Lipinski definition) is 4. The van der Waals surface area contributed by atoms with Gasteiger partial charge in [-0.3, -0.25) is 0 Å². The molecule has 5 heteroatoms. The Morgan fingerprint density at radius 2 is 0.714 bits per heavy atom. The van der Waals surface area contributed by atoms with Crippen LogP contribution in [0.1, 0.15) is 0 Å². The van der Waals surface area contributed by atoms with Gasteiger partial charge in [-0.1, -0.05) is 24.3 Å². The molecule has 0 bridgehead atoms. The molecule has 0 aliphatic rings. The summed E-state index contributed by atoms with van der Waals surface area (Å²) in [5, 5.41) is 0. The molecule has 5 nitrogen and oxygen atoms in total. The molecule has 0 radical (unpaired) electrons. The molecule has 0 aliphatic carbocycles. The Kier molecular flexibility index (Phi) is 5.90. The standard InChI is InChI=1S/C30H29N5/c1-34(27-15-7-23(31)8-16-27)25-11-3-21(4-12-25)29-19-20-30(33-29)22-5-13-26(14-6-22)35(2)28-17-9-24(32)10-18-28/h3-20,33H,31-32H2,1-2H3. The zero-order valence-corrected chi connectivity index (χ0v) is 19.9. The smallest absolute Gasteiger partial charge is 0.0458 e. The summed E-state index contributed by atoms with van der Waals surface area (Å²) in [6.45, 7) is 0. The van der Waals surface area contributed by atoms with E-state index in [1.54, 1.807) is 0 Å². The lowest BCUT2D eigenvalue weighted by molar-refractivity contribution is 1.21. The fraction of sp³-hybridized carbons (Fsp3) is 0.0667. The van der Waals surface area contributed by atoms with Crippen LogP contribution in [-0.2, 0) is 0 Å². The largest absolute Gasteiger partial charge is 0.399 e. The molecule has 0 atom stereocenters. The summed E-state index contributed by atoms with van der Waals surface area (Å²) in [7, 11) is 4.11. The predicted octanol–water partition coefficient (Wildman–Crippen LogP) is 7.05. The van der Waals surface area contributed by atoms with Crippen molar-refractivity contribution in [2.75, 3.05) is 35.4 Å². The van der Waals surface area contributed by atoms with Crippen LogP contribution in [0.3, 0.4) is 0 Å². The maximum absolute atomic E-state index is 5.81. The molecule has 5 aromatic rings. The van der Waals surface area contributed by atoms with Crippen LogP contribution in [-0.4, -0.2) is 19.1 Å². The minimum Gasteiger partial charge on any atom is -0.399 e. The number of aromatic nitrogens is 1. The van der Waals surface area contributed by atoms with E-state index >= 15 is 0 Å². The second kappa shape index (κ2) is 9.31. The fourth-order valence-electron chi connectivity index (χ4n) is 4.16. The van der Waals surface area contributed by atoms with Crippen LogP contribution in [0.5, 0.6) is 0 Å². The van der Waals surface area contributed by atoms with Crippen molar-refractivity contribution in [3.63, 3.8) is 0 Å². The second-order valence-corrected chi connectivity index (χ2v) is 8.68. The Bertz CT molecular complexity index is 1290. The van der Waals surface area contributed by atoms with Crippen molar-refractivity contribution in [2.24, 2.45) is 0 Å². The fourth-order valence-corrected chi connectivity index (χ4v) is 4.16. The first-order valence-corrected chi connectivity index (χ1v) is 11.6. The molecule has 35 heavy (non-hydrogen) atoms. The van der Waals surface area contributed by atoms with Gasteiger partial charge in [-0.05, 0) is 96.1 Å². The van der Waals surface area contributed by atoms with Crippen molar-refractivity contribution in [1.82, 2.24) is 4.98 Å². The highest BCUT2D eigenvalue weighted by molar-refractivity contribution is 5.73. The van der Waals surface area contributed by atoms with Crippen LogP contribution in [0.4, 0.5) is 34.1 Å². The van der Waals surface area contributed by atoms with E-state index in [2.05, 4.69) is 89.5 Å². The van der Waals surface area contributed by atoms with Gasteiger partial charge in [0.1, 0.15) is 0 Å². The highest BCUT2D eigenvalue weighted by Gasteiger charge is 2.09. The molecule has 4 aromatic carbocycles. The quantitative estimate of drug-likeness (QED) is 0.238. The number of aromatic amines is 1. The minimum atomic E-state index is 0.767. The zero-order chi connectivity index (χ0) is 24.4. The first-order valence-electron chi connectivity index (χ1n) is 11.6. The van der Waals surface area contributed by atoms with E-state index in [9.17, 15) is 0 Å². The number of benzene rings is 4. The van der Waals surface area contributed by atoms with Gasteiger partial charge < -0.3 is 26.3 Å². The van der Waals surface area contributed by atoms with Gasteiger partial charge in [-0.25, -0.2) is 0 Å². The van der Waals surface area contributed by atoms with E-state index in [1.807, 2.05) is 48.5 Å². The predicted molar refractivity (Wildman–Crippen MR) is 149 cm³/mol. The summed E-state index contributed by atoms with van der Waals surface area (Å²) in [6.07, 6.45) is 0. The first-order chi connectivity index (χ1) is 17.0. The minimum absolute atomic E-state index is 0.767. The number of anilines is 6. The number of nitrogens with one attached hydrogen (secondary N) is 1. The third-order valence-corrected chi connectivity index (χ3v) is 6.38. The number of nitrogens with zero attached hydrogens (tertiary/aromatic N) is 2. The SMILES string of the molecule is CN(c1ccc(N)cc1)c1ccc(-c2ccc(-c3ccc(N(C)c4ccc(N)cc4)cc3)[nH]2)cc1. The van der Waals surface area contributed by atoms with Gasteiger partial charge in [-0.15, -0.1) is 0 Å². The highest BCUT2D eigenvalue weighted by atomic mass is 15.1. The molecule has 0 fully saturated rings. The summed E-state index contributed by atoms with van der Waals surface area (Å²) < 4.78 is 0. The summed E-state index contributed by atoms with van der Waals surface area (Å²) >= 11 is 0. The molecule has 5 N–H and O–H groups in total. The lowest BCUT2D eigenvalue weighted by Gasteiger charge is -2.20. The van der Waals surface area contributed by atoms with Crippen LogP contribution in [0.15, 0.2) is 109 Å². The van der Waals surface area contributed by atoms with Crippen molar-refractivity contribution in [2.45, 2.75) is 0 Å². The number of H-pyrrole nitrogens is 1. The van der Waals surface area contributed by atoms with Crippen LogP contribution in [0.2, 0.25) is 0 Å². The molecule has 1 aromatic heterocycles. The molecule has 1 heterocycles. The van der Waals surface area contributed by atoms with Gasteiger partial charge in [0.25, 0.3) is 0 Å². The van der Waals surface area contributed by atoms with Crippen molar-refractivity contribution in [1.29, 1.82) is 0 Å². The molecule has 0 saturated carbocycles. The Balaban J connectivity index is 1.30. The van der Waals surface area contributed by atoms with E-state index in [0.717, 1.165) is 56.6 Å². The lowest BCUT2D eigenvalue weighted by atomic mass is 10.1. The number of rotatable bonds is 6. The molecular weight excluding hydrogens is 430 g/mol. The first kappa shape index (κ1) is 22.2. The van der Waals surface area contributed by atoms with Crippen molar-refractivity contribution >= 4 is 34.1 Å². The van der Waals surface area contributed by atoms with Gasteiger partial charge in [0.15, 0.2) is 0 Å². The Morgan fingerprint density at radius 3 is 1.03 bits per heavy atom. The molecule has 174 valence electrons. The van der Waals surface area contributed by atoms with E-state index in [0.29, 0.717) is 0 Å². The Labute approximate surface area is 206 Å². The van der Waals surface area contributed by atoms with Gasteiger partial charge in [0.05, 0.1) is 0 Å². The van der Waals surface area contributed by atoms with E-state index in [1.165, 1.54) is 0 Å². The highest BCUT2D eigenvalue weighted by Crippen LogP contribution is 2.31. The van der Waals surface area contributed by atoms with Crippen LogP contribution in [0.25, 0.3) is 22.5 Å². The van der Waals surface area contributed by atoms with Crippen LogP contribution in [0, 0.1) is 0 Å². The maximum atomic E-state index is 5.81. The molecule has 0 aliphatic heterocycles. The zero-order valence-electron chi connectivity index (χ0n) is 19.9. The van der Waals surface area contributed by atoms with Gasteiger partial charge in [0.2, 0.25) is 0 Å². The summed E-state index contributed by atoms with van der Waals surface area (Å²) in [4.78, 5) is 7.85. The molecule has 0 amide bonds.